The van der Waals surface area contributed by atoms with E-state index in [4.69, 9.17) is 0 Å². The zero-order valence-electron chi connectivity index (χ0n) is 14.7. The first-order valence-electron chi connectivity index (χ1n) is 8.35. The molecule has 0 aromatic heterocycles. The summed E-state index contributed by atoms with van der Waals surface area (Å²) in [6, 6.07) is 20.1. The SMILES string of the molecule is CC1=C(C#N)C(c2ccccc2)C(C(=O)O)=C(CS(=O)c2ccccc2)N1. The van der Waals surface area contributed by atoms with Gasteiger partial charge in [0.15, 0.2) is 0 Å². The molecular weight excluding hydrogens is 360 g/mol. The number of aliphatic carboxylic acids is 1. The summed E-state index contributed by atoms with van der Waals surface area (Å²) < 4.78 is 12.7. The topological polar surface area (TPSA) is 90.2 Å². The number of carbonyl (C=O) groups is 1. The molecule has 2 N–H and O–H groups in total. The lowest BCUT2D eigenvalue weighted by Crippen LogP contribution is -2.31. The number of benzene rings is 2. The minimum atomic E-state index is -1.41. The highest BCUT2D eigenvalue weighted by Crippen LogP contribution is 2.38. The van der Waals surface area contributed by atoms with Gasteiger partial charge in [0.1, 0.15) is 0 Å². The molecule has 6 heteroatoms. The van der Waals surface area contributed by atoms with Crippen LogP contribution in [-0.4, -0.2) is 21.0 Å². The van der Waals surface area contributed by atoms with Crippen LogP contribution in [0.2, 0.25) is 0 Å². The molecule has 0 saturated carbocycles. The number of dihydropyridines is 1. The van der Waals surface area contributed by atoms with Crippen LogP contribution in [0.4, 0.5) is 0 Å². The van der Waals surface area contributed by atoms with E-state index in [0.717, 1.165) is 5.56 Å². The third kappa shape index (κ3) is 3.83. The molecule has 0 amide bonds. The third-order valence-corrected chi connectivity index (χ3v) is 5.76. The van der Waals surface area contributed by atoms with Crippen LogP contribution >= 0.6 is 0 Å². The van der Waals surface area contributed by atoms with E-state index < -0.39 is 22.7 Å². The Hall–Kier alpha value is -3.17. The number of nitriles is 1. The summed E-state index contributed by atoms with van der Waals surface area (Å²) in [5.41, 5.74) is 2.09. The van der Waals surface area contributed by atoms with Crippen molar-refractivity contribution in [1.82, 2.24) is 5.32 Å². The van der Waals surface area contributed by atoms with Crippen LogP contribution in [0.1, 0.15) is 18.4 Å². The normalized spacial score (nSPS) is 17.9. The maximum atomic E-state index is 12.7. The molecule has 0 fully saturated rings. The Morgan fingerprint density at radius 1 is 1.15 bits per heavy atom. The predicted molar refractivity (Wildman–Crippen MR) is 103 cm³/mol. The van der Waals surface area contributed by atoms with Crippen LogP contribution in [-0.2, 0) is 15.6 Å². The first-order valence-corrected chi connectivity index (χ1v) is 9.67. The summed E-state index contributed by atoms with van der Waals surface area (Å²) in [6.07, 6.45) is 0. The lowest BCUT2D eigenvalue weighted by molar-refractivity contribution is -0.133. The fourth-order valence-corrected chi connectivity index (χ4v) is 4.29. The van der Waals surface area contributed by atoms with Gasteiger partial charge in [-0.3, -0.25) is 4.21 Å². The van der Waals surface area contributed by atoms with Gasteiger partial charge in [-0.1, -0.05) is 48.5 Å². The minimum Gasteiger partial charge on any atom is -0.478 e. The monoisotopic (exact) mass is 378 g/mol. The summed E-state index contributed by atoms with van der Waals surface area (Å²) in [6.45, 7) is 1.73. The summed E-state index contributed by atoms with van der Waals surface area (Å²) in [7, 11) is -1.41. The molecule has 3 rings (SSSR count). The van der Waals surface area contributed by atoms with Crippen molar-refractivity contribution in [1.29, 1.82) is 5.26 Å². The average Bonchev–Trinajstić information content (AvgIpc) is 2.68. The van der Waals surface area contributed by atoms with Gasteiger partial charge in [-0.15, -0.1) is 0 Å². The van der Waals surface area contributed by atoms with Crippen molar-refractivity contribution >= 4 is 16.8 Å². The van der Waals surface area contributed by atoms with Gasteiger partial charge in [-0.2, -0.15) is 5.26 Å². The van der Waals surface area contributed by atoms with E-state index in [1.807, 2.05) is 24.3 Å². The smallest absolute Gasteiger partial charge is 0.334 e. The molecule has 2 atom stereocenters. The van der Waals surface area contributed by atoms with E-state index in [0.29, 0.717) is 21.9 Å². The molecule has 0 aliphatic carbocycles. The Labute approximate surface area is 160 Å². The second kappa shape index (κ2) is 8.02. The molecule has 27 heavy (non-hydrogen) atoms. The van der Waals surface area contributed by atoms with Gasteiger partial charge in [-0.05, 0) is 24.6 Å². The number of nitrogens with one attached hydrogen (secondary N) is 1. The molecule has 1 aliphatic rings. The van der Waals surface area contributed by atoms with Crippen molar-refractivity contribution in [3.8, 4) is 6.07 Å². The lowest BCUT2D eigenvalue weighted by Gasteiger charge is -2.28. The molecule has 1 aliphatic heterocycles. The highest BCUT2D eigenvalue weighted by molar-refractivity contribution is 7.85. The molecular formula is C21H18N2O3S. The summed E-state index contributed by atoms with van der Waals surface area (Å²) in [5.74, 6) is -1.79. The fraction of sp³-hybridized carbons (Fsp3) is 0.143. The predicted octanol–water partition coefficient (Wildman–Crippen LogP) is 3.32. The largest absolute Gasteiger partial charge is 0.478 e. The van der Waals surface area contributed by atoms with Crippen molar-refractivity contribution in [3.63, 3.8) is 0 Å². The molecule has 0 spiro atoms. The number of nitrogens with zero attached hydrogens (tertiary/aromatic N) is 1. The highest BCUT2D eigenvalue weighted by atomic mass is 32.2. The minimum absolute atomic E-state index is 0.0328. The highest BCUT2D eigenvalue weighted by Gasteiger charge is 2.34. The Morgan fingerprint density at radius 2 is 1.74 bits per heavy atom. The van der Waals surface area contributed by atoms with Gasteiger partial charge in [0.2, 0.25) is 0 Å². The van der Waals surface area contributed by atoms with Crippen LogP contribution in [0.15, 0.2) is 88.1 Å². The molecule has 136 valence electrons. The van der Waals surface area contributed by atoms with Crippen LogP contribution in [0.5, 0.6) is 0 Å². The molecule has 1 heterocycles. The Bertz CT molecular complexity index is 989. The van der Waals surface area contributed by atoms with E-state index in [-0.39, 0.29) is 11.3 Å². The van der Waals surface area contributed by atoms with Crippen LogP contribution in [0.25, 0.3) is 0 Å². The number of carboxylic acids is 1. The van der Waals surface area contributed by atoms with E-state index >= 15 is 0 Å². The maximum absolute atomic E-state index is 12.7. The molecule has 2 aromatic rings. The van der Waals surface area contributed by atoms with Crippen LogP contribution in [0.3, 0.4) is 0 Å². The Morgan fingerprint density at radius 3 is 2.30 bits per heavy atom. The molecule has 0 bridgehead atoms. The summed E-state index contributed by atoms with van der Waals surface area (Å²) in [5, 5.41) is 22.5. The van der Waals surface area contributed by atoms with Gasteiger partial charge in [0, 0.05) is 16.3 Å². The van der Waals surface area contributed by atoms with Gasteiger partial charge in [0.25, 0.3) is 0 Å². The van der Waals surface area contributed by atoms with E-state index in [1.54, 1.807) is 43.3 Å². The fourth-order valence-electron chi connectivity index (χ4n) is 3.18. The van der Waals surface area contributed by atoms with Gasteiger partial charge >= 0.3 is 5.97 Å². The number of rotatable bonds is 5. The number of hydrogen-bond donors (Lipinski definition) is 2. The quantitative estimate of drug-likeness (QED) is 0.833. The summed E-state index contributed by atoms with van der Waals surface area (Å²) in [4.78, 5) is 12.7. The first kappa shape index (κ1) is 18.6. The second-order valence-electron chi connectivity index (χ2n) is 6.12. The van der Waals surface area contributed by atoms with Gasteiger partial charge in [0.05, 0.1) is 39.7 Å². The van der Waals surface area contributed by atoms with E-state index in [9.17, 15) is 19.4 Å². The summed E-state index contributed by atoms with van der Waals surface area (Å²) >= 11 is 0. The second-order valence-corrected chi connectivity index (χ2v) is 7.57. The zero-order chi connectivity index (χ0) is 19.4. The van der Waals surface area contributed by atoms with E-state index in [1.165, 1.54) is 0 Å². The van der Waals surface area contributed by atoms with Gasteiger partial charge in [-0.25, -0.2) is 4.79 Å². The lowest BCUT2D eigenvalue weighted by atomic mass is 9.81. The maximum Gasteiger partial charge on any atom is 0.334 e. The zero-order valence-corrected chi connectivity index (χ0v) is 15.5. The number of hydrogen-bond acceptors (Lipinski definition) is 4. The van der Waals surface area contributed by atoms with Crippen LogP contribution < -0.4 is 5.32 Å². The average molecular weight is 378 g/mol. The number of allylic oxidation sites excluding steroid dienone is 2. The van der Waals surface area contributed by atoms with Gasteiger partial charge < -0.3 is 10.4 Å². The van der Waals surface area contributed by atoms with Crippen molar-refractivity contribution in [3.05, 3.63) is 88.8 Å². The van der Waals surface area contributed by atoms with Crippen molar-refractivity contribution < 1.29 is 14.1 Å². The standard InChI is InChI=1S/C21H18N2O3S/c1-14-17(12-22)19(15-8-4-2-5-9-15)20(21(24)25)18(23-14)13-27(26)16-10-6-3-7-11-16/h2-11,19,23H,13H2,1H3,(H,24,25). The molecule has 5 nitrogen and oxygen atoms in total. The van der Waals surface area contributed by atoms with Crippen molar-refractivity contribution in [2.45, 2.75) is 17.7 Å². The molecule has 0 radical (unpaired) electrons. The van der Waals surface area contributed by atoms with Crippen molar-refractivity contribution in [2.75, 3.05) is 5.75 Å². The molecule has 2 unspecified atom stereocenters. The Kier molecular flexibility index (Phi) is 5.53. The Balaban J connectivity index is 2.09. The molecule has 0 saturated heterocycles. The molecule has 2 aromatic carbocycles. The first-order chi connectivity index (χ1) is 13.0. The third-order valence-electron chi connectivity index (χ3n) is 4.41. The van der Waals surface area contributed by atoms with Crippen molar-refractivity contribution in [2.24, 2.45) is 0 Å². The van der Waals surface area contributed by atoms with E-state index in [2.05, 4.69) is 11.4 Å². The van der Waals surface area contributed by atoms with Crippen LogP contribution in [0, 0.1) is 11.3 Å². The number of carboxylic acid groups (broad SMARTS) is 1.